The summed E-state index contributed by atoms with van der Waals surface area (Å²) in [6, 6.07) is 24.8. The third-order valence-corrected chi connectivity index (χ3v) is 5.58. The summed E-state index contributed by atoms with van der Waals surface area (Å²) >= 11 is 6.17. The molecule has 0 atom stereocenters. The first-order chi connectivity index (χ1) is 15.6. The SMILES string of the molecule is Nc1c(C(=O)NCc2ccccc2)c2nc3ccccc3nc2n1Cc1cccc(Cl)c1. The predicted molar refractivity (Wildman–Crippen MR) is 128 cm³/mol. The van der Waals surface area contributed by atoms with Crippen LogP contribution < -0.4 is 11.1 Å². The van der Waals surface area contributed by atoms with Crippen molar-refractivity contribution in [1.29, 1.82) is 0 Å². The van der Waals surface area contributed by atoms with E-state index in [0.29, 0.717) is 46.2 Å². The summed E-state index contributed by atoms with van der Waals surface area (Å²) in [4.78, 5) is 22.7. The van der Waals surface area contributed by atoms with Crippen LogP contribution in [0, 0.1) is 0 Å². The number of fused-ring (bicyclic) bond motifs is 2. The lowest BCUT2D eigenvalue weighted by atomic mass is 10.2. The van der Waals surface area contributed by atoms with Crippen molar-refractivity contribution in [3.8, 4) is 0 Å². The standard InChI is InChI=1S/C25H20ClN5O/c26-18-10-6-9-17(13-18)15-31-23(27)21(25(32)28-14-16-7-2-1-3-8-16)22-24(31)30-20-12-5-4-11-19(20)29-22/h1-13H,14-15,27H2,(H,28,32). The largest absolute Gasteiger partial charge is 0.384 e. The molecule has 0 unspecified atom stereocenters. The summed E-state index contributed by atoms with van der Waals surface area (Å²) in [5.41, 5.74) is 11.3. The van der Waals surface area contributed by atoms with Gasteiger partial charge in [0.1, 0.15) is 16.9 Å². The van der Waals surface area contributed by atoms with Gasteiger partial charge < -0.3 is 15.6 Å². The molecule has 0 fully saturated rings. The first-order valence-corrected chi connectivity index (χ1v) is 10.6. The molecule has 0 radical (unpaired) electrons. The number of aromatic nitrogens is 3. The molecule has 0 aliphatic heterocycles. The van der Waals surface area contributed by atoms with Gasteiger partial charge in [-0.15, -0.1) is 0 Å². The summed E-state index contributed by atoms with van der Waals surface area (Å²) in [5, 5.41) is 3.60. The zero-order valence-corrected chi connectivity index (χ0v) is 17.9. The second kappa shape index (κ2) is 8.32. The Morgan fingerprint density at radius 1 is 0.906 bits per heavy atom. The maximum Gasteiger partial charge on any atom is 0.257 e. The van der Waals surface area contributed by atoms with E-state index in [1.54, 1.807) is 0 Å². The zero-order chi connectivity index (χ0) is 22.1. The number of nitrogens with one attached hydrogen (secondary N) is 1. The van der Waals surface area contributed by atoms with Crippen molar-refractivity contribution in [3.63, 3.8) is 0 Å². The van der Waals surface area contributed by atoms with Crippen molar-refractivity contribution in [3.05, 3.63) is 101 Å². The molecule has 2 heterocycles. The Morgan fingerprint density at radius 2 is 1.59 bits per heavy atom. The highest BCUT2D eigenvalue weighted by atomic mass is 35.5. The number of benzene rings is 3. The van der Waals surface area contributed by atoms with Crippen molar-refractivity contribution in [1.82, 2.24) is 19.9 Å². The number of hydrogen-bond donors (Lipinski definition) is 2. The maximum absolute atomic E-state index is 13.2. The third-order valence-electron chi connectivity index (χ3n) is 5.34. The zero-order valence-electron chi connectivity index (χ0n) is 17.1. The molecular weight excluding hydrogens is 422 g/mol. The minimum absolute atomic E-state index is 0.286. The summed E-state index contributed by atoms with van der Waals surface area (Å²) < 4.78 is 1.82. The Morgan fingerprint density at radius 3 is 2.34 bits per heavy atom. The first kappa shape index (κ1) is 20.0. The number of rotatable bonds is 5. The molecule has 158 valence electrons. The maximum atomic E-state index is 13.2. The van der Waals surface area contributed by atoms with Gasteiger partial charge in [-0.05, 0) is 35.4 Å². The summed E-state index contributed by atoms with van der Waals surface area (Å²) in [6.07, 6.45) is 0. The molecule has 1 amide bonds. The van der Waals surface area contributed by atoms with Gasteiger partial charge in [0.05, 0.1) is 17.6 Å². The highest BCUT2D eigenvalue weighted by molar-refractivity contribution is 6.30. The number of anilines is 1. The molecule has 0 bridgehead atoms. The van der Waals surface area contributed by atoms with Crippen LogP contribution in [0.4, 0.5) is 5.82 Å². The van der Waals surface area contributed by atoms with Crippen LogP contribution in [0.25, 0.3) is 22.2 Å². The molecule has 0 aliphatic rings. The molecule has 0 saturated carbocycles. The highest BCUT2D eigenvalue weighted by Crippen LogP contribution is 2.29. The van der Waals surface area contributed by atoms with Crippen LogP contribution in [-0.2, 0) is 13.1 Å². The van der Waals surface area contributed by atoms with E-state index in [2.05, 4.69) is 5.32 Å². The second-order valence-electron chi connectivity index (χ2n) is 7.53. The van der Waals surface area contributed by atoms with Gasteiger partial charge in [-0.3, -0.25) is 4.79 Å². The van der Waals surface area contributed by atoms with Gasteiger partial charge in [0.15, 0.2) is 5.65 Å². The molecule has 5 rings (SSSR count). The van der Waals surface area contributed by atoms with Crippen LogP contribution in [0.2, 0.25) is 5.02 Å². The van der Waals surface area contributed by atoms with Crippen LogP contribution in [0.3, 0.4) is 0 Å². The number of nitrogen functional groups attached to an aromatic ring is 1. The quantitative estimate of drug-likeness (QED) is 0.410. The highest BCUT2D eigenvalue weighted by Gasteiger charge is 2.24. The number of hydrogen-bond acceptors (Lipinski definition) is 4. The Bertz CT molecular complexity index is 1450. The topological polar surface area (TPSA) is 85.8 Å². The Balaban J connectivity index is 1.61. The fraction of sp³-hybridized carbons (Fsp3) is 0.0800. The molecule has 0 spiro atoms. The van der Waals surface area contributed by atoms with Crippen LogP contribution in [0.5, 0.6) is 0 Å². The normalized spacial score (nSPS) is 11.2. The molecule has 7 heteroatoms. The van der Waals surface area contributed by atoms with Crippen LogP contribution in [0.1, 0.15) is 21.5 Å². The molecule has 6 nitrogen and oxygen atoms in total. The first-order valence-electron chi connectivity index (χ1n) is 10.2. The molecule has 32 heavy (non-hydrogen) atoms. The second-order valence-corrected chi connectivity index (χ2v) is 7.97. The van der Waals surface area contributed by atoms with E-state index >= 15 is 0 Å². The molecule has 0 aliphatic carbocycles. The van der Waals surface area contributed by atoms with E-state index in [-0.39, 0.29) is 5.91 Å². The number of carbonyl (C=O) groups excluding carboxylic acids is 1. The van der Waals surface area contributed by atoms with Gasteiger partial charge in [0, 0.05) is 11.6 Å². The molecule has 0 saturated heterocycles. The smallest absolute Gasteiger partial charge is 0.257 e. The molecule has 3 N–H and O–H groups in total. The van der Waals surface area contributed by atoms with E-state index in [9.17, 15) is 4.79 Å². The Labute approximate surface area is 189 Å². The summed E-state index contributed by atoms with van der Waals surface area (Å²) in [5.74, 6) is 0.0339. The van der Waals surface area contributed by atoms with Crippen LogP contribution >= 0.6 is 11.6 Å². The third kappa shape index (κ3) is 3.76. The van der Waals surface area contributed by atoms with Crippen molar-refractivity contribution in [2.24, 2.45) is 0 Å². The number of amides is 1. The van der Waals surface area contributed by atoms with Gasteiger partial charge in [-0.25, -0.2) is 9.97 Å². The van der Waals surface area contributed by atoms with E-state index < -0.39 is 0 Å². The van der Waals surface area contributed by atoms with Crippen LogP contribution in [0.15, 0.2) is 78.9 Å². The van der Waals surface area contributed by atoms with Gasteiger partial charge in [-0.1, -0.05) is 66.2 Å². The molecule has 2 aromatic heterocycles. The molecule has 5 aromatic rings. The van der Waals surface area contributed by atoms with Crippen molar-refractivity contribution in [2.75, 3.05) is 5.73 Å². The number of carbonyl (C=O) groups is 1. The summed E-state index contributed by atoms with van der Waals surface area (Å²) in [6.45, 7) is 0.809. The van der Waals surface area contributed by atoms with Crippen molar-refractivity contribution in [2.45, 2.75) is 13.1 Å². The minimum Gasteiger partial charge on any atom is -0.384 e. The van der Waals surface area contributed by atoms with Crippen molar-refractivity contribution < 1.29 is 4.79 Å². The van der Waals surface area contributed by atoms with E-state index in [0.717, 1.165) is 16.6 Å². The number of nitrogens with zero attached hydrogens (tertiary/aromatic N) is 3. The van der Waals surface area contributed by atoms with E-state index in [1.807, 2.05) is 83.4 Å². The Hall–Kier alpha value is -3.90. The molecular formula is C25H20ClN5O. The predicted octanol–water partition coefficient (Wildman–Crippen LogP) is 4.80. The lowest BCUT2D eigenvalue weighted by Gasteiger charge is -2.09. The van der Waals surface area contributed by atoms with Gasteiger partial charge in [-0.2, -0.15) is 0 Å². The van der Waals surface area contributed by atoms with E-state index in [4.69, 9.17) is 27.3 Å². The Kier molecular flexibility index (Phi) is 5.21. The van der Waals surface area contributed by atoms with Gasteiger partial charge >= 0.3 is 0 Å². The van der Waals surface area contributed by atoms with Gasteiger partial charge in [0.2, 0.25) is 0 Å². The summed E-state index contributed by atoms with van der Waals surface area (Å²) in [7, 11) is 0. The number of nitrogens with two attached hydrogens (primary N) is 1. The van der Waals surface area contributed by atoms with Crippen molar-refractivity contribution >= 4 is 45.5 Å². The number of halogens is 1. The lowest BCUT2D eigenvalue weighted by Crippen LogP contribution is -2.24. The van der Waals surface area contributed by atoms with E-state index in [1.165, 1.54) is 0 Å². The van der Waals surface area contributed by atoms with Crippen LogP contribution in [-0.4, -0.2) is 20.4 Å². The monoisotopic (exact) mass is 441 g/mol. The molecule has 3 aromatic carbocycles. The van der Waals surface area contributed by atoms with Gasteiger partial charge in [0.25, 0.3) is 5.91 Å². The number of para-hydroxylation sites is 2. The lowest BCUT2D eigenvalue weighted by molar-refractivity contribution is 0.0953. The average molecular weight is 442 g/mol. The minimum atomic E-state index is -0.286. The fourth-order valence-electron chi connectivity index (χ4n) is 3.79. The fourth-order valence-corrected chi connectivity index (χ4v) is 4.00. The average Bonchev–Trinajstić information content (AvgIpc) is 3.07.